The minimum absolute atomic E-state index is 0.00687. The molecule has 2 heterocycles. The molecule has 2 saturated carbocycles. The third kappa shape index (κ3) is 6.25. The Morgan fingerprint density at radius 3 is 1.30 bits per heavy atom. The van der Waals surface area contributed by atoms with Crippen LogP contribution in [0.25, 0.3) is 54.9 Å². The summed E-state index contributed by atoms with van der Waals surface area (Å²) in [6, 6.07) is 80.5. The first kappa shape index (κ1) is 46.6. The Bertz CT molecular complexity index is 3980. The fourth-order valence-corrected chi connectivity index (χ4v) is 16.6. The van der Waals surface area contributed by atoms with Gasteiger partial charge < -0.3 is 9.80 Å². The molecule has 10 aromatic rings. The van der Waals surface area contributed by atoms with Crippen LogP contribution in [0.3, 0.4) is 0 Å². The van der Waals surface area contributed by atoms with Crippen LogP contribution >= 0.6 is 0 Å². The molecular formula is C75H68N2. The number of anilines is 4. The maximum atomic E-state index is 2.71. The molecule has 4 atom stereocenters. The number of rotatable bonds is 6. The van der Waals surface area contributed by atoms with E-state index in [4.69, 9.17) is 0 Å². The molecule has 77 heavy (non-hydrogen) atoms. The van der Waals surface area contributed by atoms with E-state index in [9.17, 15) is 0 Å². The van der Waals surface area contributed by atoms with Crippen LogP contribution in [0, 0.1) is 13.8 Å². The van der Waals surface area contributed by atoms with Gasteiger partial charge in [0.1, 0.15) is 0 Å². The Balaban J connectivity index is 0.938. The second-order valence-electron chi connectivity index (χ2n) is 24.7. The van der Waals surface area contributed by atoms with Crippen LogP contribution in [0.2, 0.25) is 0 Å². The second kappa shape index (κ2) is 16.7. The smallest absolute Gasteiger partial charge is 0.0720 e. The zero-order chi connectivity index (χ0) is 52.1. The van der Waals surface area contributed by atoms with E-state index in [1.54, 1.807) is 0 Å². The van der Waals surface area contributed by atoms with Crippen LogP contribution in [0.5, 0.6) is 0 Å². The van der Waals surface area contributed by atoms with Crippen LogP contribution in [0.1, 0.15) is 124 Å². The van der Waals surface area contributed by atoms with Gasteiger partial charge in [-0.1, -0.05) is 196 Å². The first-order valence-electron chi connectivity index (χ1n) is 28.7. The van der Waals surface area contributed by atoms with Gasteiger partial charge in [-0.05, 0) is 202 Å². The van der Waals surface area contributed by atoms with Crippen LogP contribution in [0.15, 0.2) is 206 Å². The summed E-state index contributed by atoms with van der Waals surface area (Å²) in [7, 11) is 0. The normalized spacial score (nSPS) is 23.6. The predicted molar refractivity (Wildman–Crippen MR) is 325 cm³/mol. The minimum atomic E-state index is -0.604. The summed E-state index contributed by atoms with van der Waals surface area (Å²) >= 11 is 0. The van der Waals surface area contributed by atoms with Crippen molar-refractivity contribution in [1.29, 1.82) is 0 Å². The Kier molecular flexibility index (Phi) is 10.1. The Morgan fingerprint density at radius 1 is 0.351 bits per heavy atom. The van der Waals surface area contributed by atoms with E-state index in [-0.39, 0.29) is 21.9 Å². The maximum absolute atomic E-state index is 2.71. The van der Waals surface area contributed by atoms with Gasteiger partial charge in [0.15, 0.2) is 0 Å². The molecule has 2 aliphatic heterocycles. The zero-order valence-electron chi connectivity index (χ0n) is 45.7. The highest BCUT2D eigenvalue weighted by atomic mass is 15.3. The van der Waals surface area contributed by atoms with Crippen molar-refractivity contribution in [2.75, 3.05) is 9.80 Å². The summed E-state index contributed by atoms with van der Waals surface area (Å²) in [5, 5.41) is 5.22. The Hall–Kier alpha value is -7.68. The standard InChI is InChI=1S/C75H68N2/c1-49-25-33-57(34-26-49)76-67-39-31-53(47-65(67)71(3)41-15-17-43-73(71,76)5)51-29-37-61-63(45-51)59-23-13-14-24-60(59)69-62-38-30-52(46-64(62)75(70(61)69,55-19-9-7-10-20-55)56-21-11-8-12-22-56)54-32-40-68-66(48-54)72(4)42-16-18-44-74(72,6)77(68)58-35-27-50(2)28-36-58/h7-14,19-40,45-48H,15-18,41-44H2,1-6H3. The van der Waals surface area contributed by atoms with E-state index in [2.05, 4.69) is 258 Å². The molecule has 3 aliphatic carbocycles. The number of benzene rings is 10. The van der Waals surface area contributed by atoms with Crippen molar-refractivity contribution in [1.82, 2.24) is 0 Å². The largest absolute Gasteiger partial charge is 0.334 e. The van der Waals surface area contributed by atoms with Crippen molar-refractivity contribution in [3.63, 3.8) is 0 Å². The highest BCUT2D eigenvalue weighted by Crippen LogP contribution is 2.65. The van der Waals surface area contributed by atoms with Crippen molar-refractivity contribution >= 4 is 44.3 Å². The van der Waals surface area contributed by atoms with Gasteiger partial charge in [0.25, 0.3) is 0 Å². The van der Waals surface area contributed by atoms with Gasteiger partial charge in [0, 0.05) is 33.6 Å². The average Bonchev–Trinajstić information content (AvgIpc) is 4.13. The van der Waals surface area contributed by atoms with Crippen LogP contribution in [-0.2, 0) is 16.2 Å². The molecule has 4 unspecified atom stereocenters. The molecule has 2 nitrogen and oxygen atoms in total. The van der Waals surface area contributed by atoms with Gasteiger partial charge in [-0.25, -0.2) is 0 Å². The lowest BCUT2D eigenvalue weighted by Crippen LogP contribution is -2.54. The topological polar surface area (TPSA) is 6.48 Å². The van der Waals surface area contributed by atoms with E-state index >= 15 is 0 Å². The van der Waals surface area contributed by atoms with E-state index in [0.717, 1.165) is 0 Å². The van der Waals surface area contributed by atoms with Crippen molar-refractivity contribution in [3.05, 3.63) is 251 Å². The SMILES string of the molecule is Cc1ccc(N2c3ccc(-c4ccc5c(c4)C(c4ccccc4)(c4ccccc4)c4c-5c5ccccc5c5cc(-c6ccc7c(c6)C6(C)CCCCC6(C)N7c6ccc(C)cc6)ccc45)cc3C3(C)CCCCC23C)cc1. The maximum Gasteiger partial charge on any atom is 0.0720 e. The summed E-state index contributed by atoms with van der Waals surface area (Å²) in [6.07, 6.45) is 9.78. The number of aryl methyl sites for hydroxylation is 2. The van der Waals surface area contributed by atoms with Crippen molar-refractivity contribution in [2.45, 2.75) is 120 Å². The van der Waals surface area contributed by atoms with Gasteiger partial charge in [-0.2, -0.15) is 0 Å². The van der Waals surface area contributed by atoms with Gasteiger partial charge in [0.05, 0.1) is 16.5 Å². The Morgan fingerprint density at radius 2 is 0.779 bits per heavy atom. The fourth-order valence-electron chi connectivity index (χ4n) is 16.6. The van der Waals surface area contributed by atoms with Crippen LogP contribution in [0.4, 0.5) is 22.7 Å². The van der Waals surface area contributed by atoms with E-state index < -0.39 is 5.41 Å². The third-order valence-corrected chi connectivity index (χ3v) is 21.0. The quantitative estimate of drug-likeness (QED) is 0.153. The summed E-state index contributed by atoms with van der Waals surface area (Å²) in [4.78, 5) is 5.41. The van der Waals surface area contributed by atoms with Crippen molar-refractivity contribution in [2.24, 2.45) is 0 Å². The predicted octanol–water partition coefficient (Wildman–Crippen LogP) is 19.8. The molecule has 0 amide bonds. The van der Waals surface area contributed by atoms with Gasteiger partial charge in [0.2, 0.25) is 0 Å². The van der Waals surface area contributed by atoms with Crippen LogP contribution in [-0.4, -0.2) is 11.1 Å². The van der Waals surface area contributed by atoms with Gasteiger partial charge >= 0.3 is 0 Å². The number of hydrogen-bond acceptors (Lipinski definition) is 2. The lowest BCUT2D eigenvalue weighted by Gasteiger charge is -2.50. The van der Waals surface area contributed by atoms with E-state index in [1.807, 2.05) is 0 Å². The molecule has 0 aromatic heterocycles. The first-order valence-corrected chi connectivity index (χ1v) is 28.7. The molecule has 0 spiro atoms. The minimum Gasteiger partial charge on any atom is -0.334 e. The molecule has 0 saturated heterocycles. The average molecular weight is 997 g/mol. The summed E-state index contributed by atoms with van der Waals surface area (Å²) in [5.41, 5.74) is 23.4. The van der Waals surface area contributed by atoms with Gasteiger partial charge in [-0.15, -0.1) is 0 Å². The fraction of sp³-hybridized carbons (Fsp3) is 0.253. The summed E-state index contributed by atoms with van der Waals surface area (Å²) < 4.78 is 0. The highest BCUT2D eigenvalue weighted by molar-refractivity contribution is 6.20. The number of hydrogen-bond donors (Lipinski definition) is 0. The number of nitrogens with zero attached hydrogens (tertiary/aromatic N) is 2. The second-order valence-corrected chi connectivity index (χ2v) is 24.7. The molecule has 15 rings (SSSR count). The molecule has 2 fully saturated rings. The molecule has 0 radical (unpaired) electrons. The molecule has 0 bridgehead atoms. The van der Waals surface area contributed by atoms with E-state index in [1.165, 1.54) is 174 Å². The highest BCUT2D eigenvalue weighted by Gasteiger charge is 2.59. The molecule has 378 valence electrons. The molecule has 2 heteroatoms. The molecule has 5 aliphatic rings. The van der Waals surface area contributed by atoms with Crippen molar-refractivity contribution < 1.29 is 0 Å². The van der Waals surface area contributed by atoms with Crippen LogP contribution < -0.4 is 9.80 Å². The molecular weight excluding hydrogens is 929 g/mol. The first-order chi connectivity index (χ1) is 37.5. The van der Waals surface area contributed by atoms with E-state index in [0.29, 0.717) is 0 Å². The monoisotopic (exact) mass is 997 g/mol. The lowest BCUT2D eigenvalue weighted by atomic mass is 9.61. The summed E-state index contributed by atoms with van der Waals surface area (Å²) in [5.74, 6) is 0. The Labute approximate surface area is 456 Å². The van der Waals surface area contributed by atoms with Gasteiger partial charge in [-0.3, -0.25) is 0 Å². The summed E-state index contributed by atoms with van der Waals surface area (Å²) in [6.45, 7) is 14.6. The number of fused-ring (bicyclic) bond motifs is 14. The molecule has 0 N–H and O–H groups in total. The van der Waals surface area contributed by atoms with Crippen molar-refractivity contribution in [3.8, 4) is 33.4 Å². The lowest BCUT2D eigenvalue weighted by molar-refractivity contribution is 0.195. The zero-order valence-corrected chi connectivity index (χ0v) is 45.7. The third-order valence-electron chi connectivity index (χ3n) is 21.0. The molecule has 10 aromatic carbocycles.